The first-order valence-electron chi connectivity index (χ1n) is 8.89. The number of amides is 1. The van der Waals surface area contributed by atoms with Gasteiger partial charge in [0.15, 0.2) is 0 Å². The Morgan fingerprint density at radius 3 is 2.88 bits per heavy atom. The smallest absolute Gasteiger partial charge is 0.342 e. The lowest BCUT2D eigenvalue weighted by Crippen LogP contribution is -2.41. The lowest BCUT2D eigenvalue weighted by atomic mass is 9.97. The van der Waals surface area contributed by atoms with E-state index in [4.69, 9.17) is 4.84 Å². The van der Waals surface area contributed by atoms with E-state index < -0.39 is 0 Å². The minimum absolute atomic E-state index is 0.0814. The zero-order valence-electron chi connectivity index (χ0n) is 14.6. The molecule has 0 aliphatic carbocycles. The van der Waals surface area contributed by atoms with Crippen LogP contribution in [0.2, 0.25) is 0 Å². The van der Waals surface area contributed by atoms with Crippen LogP contribution >= 0.6 is 0 Å². The SMILES string of the molecule is CCn1c([C@@H]2CCCN(C(=O)CCN3CCCO3)C2)nn(C)c1=O. The highest BCUT2D eigenvalue weighted by Gasteiger charge is 2.29. The summed E-state index contributed by atoms with van der Waals surface area (Å²) in [7, 11) is 1.68. The topological polar surface area (TPSA) is 72.6 Å². The third-order valence-electron chi connectivity index (χ3n) is 4.89. The minimum atomic E-state index is -0.0814. The largest absolute Gasteiger partial charge is 0.345 e. The van der Waals surface area contributed by atoms with Gasteiger partial charge in [-0.2, -0.15) is 10.2 Å². The van der Waals surface area contributed by atoms with Gasteiger partial charge in [-0.25, -0.2) is 9.48 Å². The second-order valence-corrected chi connectivity index (χ2v) is 6.55. The number of piperidine rings is 1. The van der Waals surface area contributed by atoms with Crippen molar-refractivity contribution >= 4 is 5.91 Å². The summed E-state index contributed by atoms with van der Waals surface area (Å²) in [5, 5.41) is 6.29. The van der Waals surface area contributed by atoms with Crippen LogP contribution < -0.4 is 5.69 Å². The van der Waals surface area contributed by atoms with Crippen molar-refractivity contribution in [2.45, 2.75) is 45.1 Å². The highest BCUT2D eigenvalue weighted by Crippen LogP contribution is 2.25. The van der Waals surface area contributed by atoms with Crippen molar-refractivity contribution in [1.82, 2.24) is 24.3 Å². The highest BCUT2D eigenvalue weighted by atomic mass is 16.7. The number of aryl methyl sites for hydroxylation is 1. The Bertz CT molecular complexity index is 632. The maximum atomic E-state index is 12.5. The van der Waals surface area contributed by atoms with Gasteiger partial charge >= 0.3 is 5.69 Å². The molecule has 1 amide bonds. The quantitative estimate of drug-likeness (QED) is 0.774. The molecule has 2 saturated heterocycles. The number of hydrogen-bond acceptors (Lipinski definition) is 5. The van der Waals surface area contributed by atoms with Crippen LogP contribution in [-0.2, 0) is 23.2 Å². The van der Waals surface area contributed by atoms with E-state index in [2.05, 4.69) is 5.10 Å². The monoisotopic (exact) mass is 337 g/mol. The molecule has 0 saturated carbocycles. The Kier molecular flexibility index (Phi) is 5.35. The number of aromatic nitrogens is 3. The number of carbonyl (C=O) groups excluding carboxylic acids is 1. The predicted octanol–water partition coefficient (Wildman–Crippen LogP) is 0.335. The average Bonchev–Trinajstić information content (AvgIpc) is 3.21. The van der Waals surface area contributed by atoms with Gasteiger partial charge in [-0.3, -0.25) is 14.2 Å². The van der Waals surface area contributed by atoms with Gasteiger partial charge in [0, 0.05) is 52.1 Å². The molecular formula is C16H27N5O3. The molecule has 1 aromatic rings. The molecule has 0 bridgehead atoms. The first kappa shape index (κ1) is 17.2. The first-order valence-corrected chi connectivity index (χ1v) is 8.89. The summed E-state index contributed by atoms with van der Waals surface area (Å²) < 4.78 is 3.11. The van der Waals surface area contributed by atoms with Crippen molar-refractivity contribution in [2.24, 2.45) is 7.05 Å². The summed E-state index contributed by atoms with van der Waals surface area (Å²) in [4.78, 5) is 32.0. The normalized spacial score (nSPS) is 22.2. The molecule has 0 N–H and O–H groups in total. The van der Waals surface area contributed by atoms with Crippen molar-refractivity contribution in [3.05, 3.63) is 16.3 Å². The molecule has 1 atom stereocenters. The van der Waals surface area contributed by atoms with Gasteiger partial charge in [0.05, 0.1) is 6.61 Å². The molecule has 2 aliphatic rings. The summed E-state index contributed by atoms with van der Waals surface area (Å²) in [6.07, 6.45) is 3.43. The van der Waals surface area contributed by atoms with Crippen LogP contribution in [0.1, 0.15) is 44.3 Å². The van der Waals surface area contributed by atoms with Gasteiger partial charge < -0.3 is 4.90 Å². The van der Waals surface area contributed by atoms with Crippen LogP contribution in [-0.4, -0.2) is 63.0 Å². The molecule has 0 spiro atoms. The van der Waals surface area contributed by atoms with Crippen LogP contribution in [0, 0.1) is 0 Å². The minimum Gasteiger partial charge on any atom is -0.342 e. The van der Waals surface area contributed by atoms with Crippen LogP contribution in [0.4, 0.5) is 0 Å². The Hall–Kier alpha value is -1.67. The van der Waals surface area contributed by atoms with E-state index in [-0.39, 0.29) is 17.5 Å². The van der Waals surface area contributed by atoms with E-state index >= 15 is 0 Å². The molecule has 3 heterocycles. The molecule has 8 heteroatoms. The third kappa shape index (κ3) is 3.54. The van der Waals surface area contributed by atoms with E-state index in [9.17, 15) is 9.59 Å². The number of rotatable bonds is 5. The van der Waals surface area contributed by atoms with Crippen LogP contribution in [0.15, 0.2) is 4.79 Å². The lowest BCUT2D eigenvalue weighted by molar-refractivity contribution is -0.139. The number of nitrogens with zero attached hydrogens (tertiary/aromatic N) is 5. The van der Waals surface area contributed by atoms with Crippen LogP contribution in [0.3, 0.4) is 0 Å². The van der Waals surface area contributed by atoms with Gasteiger partial charge in [0.2, 0.25) is 5.91 Å². The van der Waals surface area contributed by atoms with Gasteiger partial charge in [0.1, 0.15) is 5.82 Å². The summed E-state index contributed by atoms with van der Waals surface area (Å²) >= 11 is 0. The van der Waals surface area contributed by atoms with Crippen LogP contribution in [0.25, 0.3) is 0 Å². The van der Waals surface area contributed by atoms with E-state index in [1.54, 1.807) is 11.6 Å². The van der Waals surface area contributed by atoms with Crippen molar-refractivity contribution in [3.63, 3.8) is 0 Å². The molecule has 24 heavy (non-hydrogen) atoms. The maximum absolute atomic E-state index is 12.5. The summed E-state index contributed by atoms with van der Waals surface area (Å²) in [5.74, 6) is 1.11. The van der Waals surface area contributed by atoms with Gasteiger partial charge in [-0.15, -0.1) is 0 Å². The van der Waals surface area contributed by atoms with Gasteiger partial charge in [-0.05, 0) is 26.2 Å². The second kappa shape index (κ2) is 7.48. The molecule has 1 aromatic heterocycles. The second-order valence-electron chi connectivity index (χ2n) is 6.55. The predicted molar refractivity (Wildman–Crippen MR) is 88.5 cm³/mol. The number of likely N-dealkylation sites (tertiary alicyclic amines) is 1. The zero-order chi connectivity index (χ0) is 17.1. The van der Waals surface area contributed by atoms with Crippen molar-refractivity contribution in [3.8, 4) is 0 Å². The Balaban J connectivity index is 1.62. The maximum Gasteiger partial charge on any atom is 0.345 e. The van der Waals surface area contributed by atoms with Crippen molar-refractivity contribution < 1.29 is 9.63 Å². The highest BCUT2D eigenvalue weighted by molar-refractivity contribution is 5.76. The summed E-state index contributed by atoms with van der Waals surface area (Å²) in [5.41, 5.74) is -0.0814. The van der Waals surface area contributed by atoms with Gasteiger partial charge in [0.25, 0.3) is 0 Å². The van der Waals surface area contributed by atoms with Crippen molar-refractivity contribution in [1.29, 1.82) is 0 Å². The fourth-order valence-electron chi connectivity index (χ4n) is 3.59. The fraction of sp³-hybridized carbons (Fsp3) is 0.812. The Morgan fingerprint density at radius 1 is 1.33 bits per heavy atom. The standard InChI is InChI=1S/C16H27N5O3/c1-3-21-15(17-18(2)16(21)23)13-6-4-8-19(12-13)14(22)7-10-20-9-5-11-24-20/h13H,3-12H2,1-2H3/t13-/m1/s1. The first-order chi connectivity index (χ1) is 11.6. The third-order valence-corrected chi connectivity index (χ3v) is 4.89. The fourth-order valence-corrected chi connectivity index (χ4v) is 3.59. The van der Waals surface area contributed by atoms with Crippen LogP contribution in [0.5, 0.6) is 0 Å². The molecule has 3 rings (SSSR count). The lowest BCUT2D eigenvalue weighted by Gasteiger charge is -2.32. The molecule has 0 aromatic carbocycles. The van der Waals surface area contributed by atoms with E-state index in [0.717, 1.165) is 44.8 Å². The summed E-state index contributed by atoms with van der Waals surface area (Å²) in [6.45, 7) is 6.33. The molecule has 0 unspecified atom stereocenters. The molecule has 8 nitrogen and oxygen atoms in total. The molecule has 2 aliphatic heterocycles. The summed E-state index contributed by atoms with van der Waals surface area (Å²) in [6, 6.07) is 0. The molecule has 0 radical (unpaired) electrons. The van der Waals surface area contributed by atoms with E-state index in [1.165, 1.54) is 4.68 Å². The number of hydroxylamine groups is 2. The molecule has 2 fully saturated rings. The Morgan fingerprint density at radius 2 is 2.17 bits per heavy atom. The average molecular weight is 337 g/mol. The molecule has 134 valence electrons. The number of carbonyl (C=O) groups is 1. The van der Waals surface area contributed by atoms with Crippen molar-refractivity contribution in [2.75, 3.05) is 32.8 Å². The van der Waals surface area contributed by atoms with E-state index in [0.29, 0.717) is 26.1 Å². The molecular weight excluding hydrogens is 310 g/mol. The van der Waals surface area contributed by atoms with E-state index in [1.807, 2.05) is 16.9 Å². The number of hydrogen-bond donors (Lipinski definition) is 0. The van der Waals surface area contributed by atoms with Gasteiger partial charge in [-0.1, -0.05) is 0 Å². The zero-order valence-corrected chi connectivity index (χ0v) is 14.6. The Labute approximate surface area is 141 Å².